The fraction of sp³-hybridized carbons (Fsp3) is 0.381. The maximum atomic E-state index is 13.0. The maximum absolute atomic E-state index is 13.0. The molecule has 3 aromatic rings. The third-order valence-corrected chi connectivity index (χ3v) is 5.19. The summed E-state index contributed by atoms with van der Waals surface area (Å²) in [4.78, 5) is 30.0. The van der Waals surface area contributed by atoms with Crippen molar-refractivity contribution in [2.24, 2.45) is 0 Å². The Bertz CT molecular complexity index is 1020. The number of nitrogens with zero attached hydrogens (tertiary/aromatic N) is 2. The zero-order chi connectivity index (χ0) is 20.3. The molecule has 0 N–H and O–H groups in total. The Morgan fingerprint density at radius 1 is 1.21 bits per heavy atom. The van der Waals surface area contributed by atoms with E-state index in [0.717, 1.165) is 23.3 Å². The van der Waals surface area contributed by atoms with Crippen LogP contribution in [0.4, 0.5) is 0 Å². The van der Waals surface area contributed by atoms with E-state index in [0.29, 0.717) is 10.2 Å². The summed E-state index contributed by atoms with van der Waals surface area (Å²) in [7, 11) is 0. The van der Waals surface area contributed by atoms with Gasteiger partial charge in [0, 0.05) is 10.9 Å². The summed E-state index contributed by atoms with van der Waals surface area (Å²) in [6, 6.07) is 7.62. The lowest BCUT2D eigenvalue weighted by molar-refractivity contribution is -0.149. The molecule has 3 rings (SSSR count). The molecule has 28 heavy (non-hydrogen) atoms. The molecule has 0 fully saturated rings. The standard InChI is InChI=1S/C21H24N2O4S/c1-5-14(4)27-18(24)10-23-12-22-20-19(21(23)25)17(11-28-20)15-6-8-16(9-7-15)26-13(2)3/h6-9,11-14H,5,10H2,1-4H3. The van der Waals surface area contributed by atoms with Crippen molar-refractivity contribution in [3.63, 3.8) is 0 Å². The minimum absolute atomic E-state index is 0.0967. The van der Waals surface area contributed by atoms with E-state index in [1.165, 1.54) is 22.2 Å². The molecular weight excluding hydrogens is 376 g/mol. The first-order chi connectivity index (χ1) is 13.4. The van der Waals surface area contributed by atoms with Crippen molar-refractivity contribution in [3.8, 4) is 16.9 Å². The van der Waals surface area contributed by atoms with Gasteiger partial charge in [0.2, 0.25) is 0 Å². The van der Waals surface area contributed by atoms with Gasteiger partial charge in [-0.2, -0.15) is 0 Å². The highest BCUT2D eigenvalue weighted by atomic mass is 32.1. The Hall–Kier alpha value is -2.67. The number of rotatable bonds is 7. The fourth-order valence-electron chi connectivity index (χ4n) is 2.76. The van der Waals surface area contributed by atoms with E-state index >= 15 is 0 Å². The Morgan fingerprint density at radius 2 is 1.93 bits per heavy atom. The first-order valence-electron chi connectivity index (χ1n) is 9.32. The minimum atomic E-state index is -0.440. The van der Waals surface area contributed by atoms with Crippen LogP contribution in [-0.2, 0) is 16.1 Å². The van der Waals surface area contributed by atoms with Gasteiger partial charge in [0.15, 0.2) is 0 Å². The van der Waals surface area contributed by atoms with Gasteiger partial charge in [0.25, 0.3) is 5.56 Å². The Balaban J connectivity index is 1.93. The van der Waals surface area contributed by atoms with Crippen LogP contribution in [0.5, 0.6) is 5.75 Å². The Kier molecular flexibility index (Phi) is 6.14. The van der Waals surface area contributed by atoms with Crippen molar-refractivity contribution in [3.05, 3.63) is 46.3 Å². The predicted octanol–water partition coefficient (Wildman–Crippen LogP) is 4.25. The van der Waals surface area contributed by atoms with Gasteiger partial charge < -0.3 is 9.47 Å². The highest BCUT2D eigenvalue weighted by molar-refractivity contribution is 7.17. The molecule has 7 heteroatoms. The SMILES string of the molecule is CCC(C)OC(=O)Cn1cnc2scc(-c3ccc(OC(C)C)cc3)c2c1=O. The van der Waals surface area contributed by atoms with Gasteiger partial charge in [-0.1, -0.05) is 19.1 Å². The third kappa shape index (κ3) is 4.42. The molecule has 2 aromatic heterocycles. The number of benzene rings is 1. The fourth-order valence-corrected chi connectivity index (χ4v) is 3.67. The number of hydrogen-bond acceptors (Lipinski definition) is 6. The quantitative estimate of drug-likeness (QED) is 0.555. The summed E-state index contributed by atoms with van der Waals surface area (Å²) in [6.07, 6.45) is 2.05. The summed E-state index contributed by atoms with van der Waals surface area (Å²) >= 11 is 1.41. The highest BCUT2D eigenvalue weighted by Crippen LogP contribution is 2.31. The van der Waals surface area contributed by atoms with Crippen LogP contribution in [0.3, 0.4) is 0 Å². The molecule has 0 aliphatic rings. The lowest BCUT2D eigenvalue weighted by Crippen LogP contribution is -2.27. The van der Waals surface area contributed by atoms with E-state index in [4.69, 9.17) is 9.47 Å². The van der Waals surface area contributed by atoms with Crippen LogP contribution in [-0.4, -0.2) is 27.7 Å². The molecule has 6 nitrogen and oxygen atoms in total. The Morgan fingerprint density at radius 3 is 2.57 bits per heavy atom. The monoisotopic (exact) mass is 400 g/mol. The molecule has 0 saturated carbocycles. The van der Waals surface area contributed by atoms with E-state index in [1.807, 2.05) is 57.3 Å². The second-order valence-electron chi connectivity index (χ2n) is 6.91. The van der Waals surface area contributed by atoms with Crippen molar-refractivity contribution in [2.45, 2.75) is 52.9 Å². The Labute approximate surface area is 167 Å². The van der Waals surface area contributed by atoms with Crippen LogP contribution < -0.4 is 10.3 Å². The molecule has 0 aliphatic carbocycles. The molecule has 0 spiro atoms. The van der Waals surface area contributed by atoms with Gasteiger partial charge >= 0.3 is 5.97 Å². The van der Waals surface area contributed by atoms with Crippen molar-refractivity contribution >= 4 is 27.5 Å². The van der Waals surface area contributed by atoms with E-state index in [2.05, 4.69) is 4.98 Å². The zero-order valence-electron chi connectivity index (χ0n) is 16.5. The summed E-state index contributed by atoms with van der Waals surface area (Å²) in [5.74, 6) is 0.339. The number of hydrogen-bond donors (Lipinski definition) is 0. The second-order valence-corrected chi connectivity index (χ2v) is 7.76. The van der Waals surface area contributed by atoms with E-state index in [-0.39, 0.29) is 24.3 Å². The van der Waals surface area contributed by atoms with Crippen LogP contribution in [0.15, 0.2) is 40.8 Å². The molecule has 0 saturated heterocycles. The lowest BCUT2D eigenvalue weighted by atomic mass is 10.1. The van der Waals surface area contributed by atoms with Gasteiger partial charge in [-0.15, -0.1) is 11.3 Å². The number of esters is 1. The summed E-state index contributed by atoms with van der Waals surface area (Å²) in [6.45, 7) is 7.56. The molecule has 0 radical (unpaired) electrons. The summed E-state index contributed by atoms with van der Waals surface area (Å²) < 4.78 is 12.3. The number of fused-ring (bicyclic) bond motifs is 1. The summed E-state index contributed by atoms with van der Waals surface area (Å²) in [5, 5.41) is 2.43. The van der Waals surface area contributed by atoms with Crippen LogP contribution in [0, 0.1) is 0 Å². The molecule has 2 heterocycles. The van der Waals surface area contributed by atoms with Crippen LogP contribution >= 0.6 is 11.3 Å². The molecule has 1 unspecified atom stereocenters. The molecule has 0 aliphatic heterocycles. The van der Waals surface area contributed by atoms with Crippen LogP contribution in [0.25, 0.3) is 21.3 Å². The van der Waals surface area contributed by atoms with Crippen molar-refractivity contribution < 1.29 is 14.3 Å². The lowest BCUT2D eigenvalue weighted by Gasteiger charge is -2.12. The van der Waals surface area contributed by atoms with Crippen LogP contribution in [0.2, 0.25) is 0 Å². The number of ether oxygens (including phenoxy) is 2. The normalized spacial score (nSPS) is 12.3. The van der Waals surface area contributed by atoms with Gasteiger partial charge in [0.05, 0.1) is 23.9 Å². The first-order valence-corrected chi connectivity index (χ1v) is 10.2. The van der Waals surface area contributed by atoms with Crippen molar-refractivity contribution in [1.82, 2.24) is 9.55 Å². The molecule has 1 aromatic carbocycles. The average Bonchev–Trinajstić information content (AvgIpc) is 3.09. The van der Waals surface area contributed by atoms with E-state index in [1.54, 1.807) is 0 Å². The minimum Gasteiger partial charge on any atom is -0.491 e. The van der Waals surface area contributed by atoms with Gasteiger partial charge in [0.1, 0.15) is 17.1 Å². The maximum Gasteiger partial charge on any atom is 0.326 e. The average molecular weight is 401 g/mol. The van der Waals surface area contributed by atoms with E-state index in [9.17, 15) is 9.59 Å². The largest absolute Gasteiger partial charge is 0.491 e. The van der Waals surface area contributed by atoms with Crippen molar-refractivity contribution in [1.29, 1.82) is 0 Å². The van der Waals surface area contributed by atoms with Gasteiger partial charge in [-0.05, 0) is 44.9 Å². The first kappa shape index (κ1) is 20.1. The second kappa shape index (κ2) is 8.56. The topological polar surface area (TPSA) is 70.4 Å². The smallest absolute Gasteiger partial charge is 0.326 e. The van der Waals surface area contributed by atoms with Crippen molar-refractivity contribution in [2.75, 3.05) is 0 Å². The van der Waals surface area contributed by atoms with E-state index < -0.39 is 5.97 Å². The molecular formula is C21H24N2O4S. The highest BCUT2D eigenvalue weighted by Gasteiger charge is 2.16. The zero-order valence-corrected chi connectivity index (χ0v) is 17.3. The summed E-state index contributed by atoms with van der Waals surface area (Å²) in [5.41, 5.74) is 1.46. The number of carbonyl (C=O) groups excluding carboxylic acids is 1. The molecule has 0 amide bonds. The van der Waals surface area contributed by atoms with Gasteiger partial charge in [-0.25, -0.2) is 4.98 Å². The molecule has 0 bridgehead atoms. The number of carbonyl (C=O) groups is 1. The number of thiophene rings is 1. The van der Waals surface area contributed by atoms with Crippen LogP contribution in [0.1, 0.15) is 34.1 Å². The predicted molar refractivity (Wildman–Crippen MR) is 111 cm³/mol. The van der Waals surface area contributed by atoms with Gasteiger partial charge in [-0.3, -0.25) is 14.2 Å². The number of aromatic nitrogens is 2. The molecule has 148 valence electrons. The third-order valence-electron chi connectivity index (χ3n) is 4.30. The molecule has 1 atom stereocenters.